The fraction of sp³-hybridized carbons (Fsp3) is 0.185. The maximum Gasteiger partial charge on any atom is 0.211 e. The molecule has 1 atom stereocenters. The van der Waals surface area contributed by atoms with E-state index in [-0.39, 0.29) is 5.41 Å². The van der Waals surface area contributed by atoms with Gasteiger partial charge in [0.2, 0.25) is 5.72 Å². The van der Waals surface area contributed by atoms with Crippen LogP contribution in [0.1, 0.15) is 25.0 Å². The number of likely N-dealkylation sites (N-methyl/N-ethyl adjacent to an activating group) is 1. The molecule has 2 aliphatic heterocycles. The SMILES string of the molecule is CN1c2cc3ccccc3cc2C(C)(C)[C@@]12C=Cc1c(ccc3ccccc13)O2. The molecule has 6 rings (SSSR count). The van der Waals surface area contributed by atoms with Crippen LogP contribution in [0.15, 0.2) is 78.9 Å². The molecule has 0 radical (unpaired) electrons. The highest BCUT2D eigenvalue weighted by Crippen LogP contribution is 2.55. The van der Waals surface area contributed by atoms with E-state index < -0.39 is 5.72 Å². The van der Waals surface area contributed by atoms with E-state index in [2.05, 4.69) is 111 Å². The minimum absolute atomic E-state index is 0.207. The van der Waals surface area contributed by atoms with Gasteiger partial charge in [-0.2, -0.15) is 0 Å². The van der Waals surface area contributed by atoms with E-state index in [1.54, 1.807) is 0 Å². The van der Waals surface area contributed by atoms with Gasteiger partial charge < -0.3 is 9.64 Å². The Morgan fingerprint density at radius 3 is 2.28 bits per heavy atom. The second-order valence-corrected chi connectivity index (χ2v) is 8.73. The Morgan fingerprint density at radius 1 is 0.793 bits per heavy atom. The van der Waals surface area contributed by atoms with Crippen LogP contribution in [0.25, 0.3) is 27.6 Å². The van der Waals surface area contributed by atoms with Crippen molar-refractivity contribution >= 4 is 33.3 Å². The van der Waals surface area contributed by atoms with Crippen LogP contribution in [0.2, 0.25) is 0 Å². The van der Waals surface area contributed by atoms with Crippen LogP contribution in [0.3, 0.4) is 0 Å². The van der Waals surface area contributed by atoms with Crippen LogP contribution in [0, 0.1) is 0 Å². The summed E-state index contributed by atoms with van der Waals surface area (Å²) in [5, 5.41) is 5.01. The summed E-state index contributed by atoms with van der Waals surface area (Å²) in [5.41, 5.74) is 2.97. The molecule has 0 saturated carbocycles. The number of hydrogen-bond acceptors (Lipinski definition) is 2. The predicted octanol–water partition coefficient (Wildman–Crippen LogP) is 6.52. The van der Waals surface area contributed by atoms with Gasteiger partial charge in [0.25, 0.3) is 0 Å². The Balaban J connectivity index is 1.56. The lowest BCUT2D eigenvalue weighted by Gasteiger charge is -2.46. The molecule has 4 aromatic carbocycles. The van der Waals surface area contributed by atoms with Crippen molar-refractivity contribution in [2.45, 2.75) is 25.0 Å². The summed E-state index contributed by atoms with van der Waals surface area (Å²) in [7, 11) is 2.15. The van der Waals surface area contributed by atoms with Gasteiger partial charge in [-0.15, -0.1) is 0 Å². The summed E-state index contributed by atoms with van der Waals surface area (Å²) in [6, 6.07) is 26.0. The quantitative estimate of drug-likeness (QED) is 0.346. The lowest BCUT2D eigenvalue weighted by Crippen LogP contribution is -2.58. The Bertz CT molecular complexity index is 1330. The maximum absolute atomic E-state index is 6.86. The highest BCUT2D eigenvalue weighted by atomic mass is 16.5. The van der Waals surface area contributed by atoms with Gasteiger partial charge in [-0.05, 0) is 71.3 Å². The van der Waals surface area contributed by atoms with Crippen LogP contribution >= 0.6 is 0 Å². The van der Waals surface area contributed by atoms with Gasteiger partial charge in [0, 0.05) is 18.3 Å². The van der Waals surface area contributed by atoms with Crippen LogP contribution in [0.5, 0.6) is 5.75 Å². The van der Waals surface area contributed by atoms with Crippen molar-refractivity contribution in [1.82, 2.24) is 0 Å². The first-order valence-electron chi connectivity index (χ1n) is 10.2. The van der Waals surface area contributed by atoms with Gasteiger partial charge in [-0.25, -0.2) is 0 Å². The molecule has 0 saturated heterocycles. The van der Waals surface area contributed by atoms with Crippen molar-refractivity contribution in [2.24, 2.45) is 0 Å². The van der Waals surface area contributed by atoms with E-state index in [9.17, 15) is 0 Å². The number of benzene rings is 4. The van der Waals surface area contributed by atoms with Crippen LogP contribution in [0.4, 0.5) is 5.69 Å². The largest absolute Gasteiger partial charge is 0.463 e. The molecule has 2 nitrogen and oxygen atoms in total. The van der Waals surface area contributed by atoms with Crippen molar-refractivity contribution in [3.05, 3.63) is 90.0 Å². The summed E-state index contributed by atoms with van der Waals surface area (Å²) in [4.78, 5) is 2.31. The number of fused-ring (bicyclic) bond motifs is 5. The molecule has 4 aromatic rings. The number of anilines is 1. The summed E-state index contributed by atoms with van der Waals surface area (Å²) >= 11 is 0. The van der Waals surface area contributed by atoms with Crippen molar-refractivity contribution in [2.75, 3.05) is 11.9 Å². The molecular formula is C27H23NO. The monoisotopic (exact) mass is 377 g/mol. The second-order valence-electron chi connectivity index (χ2n) is 8.73. The van der Waals surface area contributed by atoms with E-state index in [1.807, 2.05) is 0 Å². The van der Waals surface area contributed by atoms with Gasteiger partial charge in [0.1, 0.15) is 5.75 Å². The highest BCUT2D eigenvalue weighted by Gasteiger charge is 2.57. The second kappa shape index (κ2) is 5.42. The first kappa shape index (κ1) is 16.7. The number of ether oxygens (including phenoxy) is 1. The predicted molar refractivity (Wildman–Crippen MR) is 122 cm³/mol. The number of hydrogen-bond donors (Lipinski definition) is 0. The summed E-state index contributed by atoms with van der Waals surface area (Å²) in [6.07, 6.45) is 4.51. The molecule has 0 aliphatic carbocycles. The maximum atomic E-state index is 6.86. The smallest absolute Gasteiger partial charge is 0.211 e. The van der Waals surface area contributed by atoms with Crippen LogP contribution < -0.4 is 9.64 Å². The van der Waals surface area contributed by atoms with Crippen LogP contribution in [-0.4, -0.2) is 12.8 Å². The topological polar surface area (TPSA) is 12.5 Å². The zero-order chi connectivity index (χ0) is 19.8. The average Bonchev–Trinajstić information content (AvgIpc) is 2.90. The number of nitrogens with zero attached hydrogens (tertiary/aromatic N) is 1. The molecule has 1 spiro atoms. The van der Waals surface area contributed by atoms with Crippen LogP contribution in [-0.2, 0) is 5.41 Å². The van der Waals surface area contributed by atoms with E-state index in [0.29, 0.717) is 0 Å². The third kappa shape index (κ3) is 2.01. The van der Waals surface area contributed by atoms with Gasteiger partial charge in [0.05, 0.1) is 5.41 Å². The van der Waals surface area contributed by atoms with E-state index in [0.717, 1.165) is 5.75 Å². The first-order chi connectivity index (χ1) is 14.0. The van der Waals surface area contributed by atoms with E-state index in [4.69, 9.17) is 4.74 Å². The average molecular weight is 377 g/mol. The van der Waals surface area contributed by atoms with Crippen molar-refractivity contribution in [3.63, 3.8) is 0 Å². The van der Waals surface area contributed by atoms with Gasteiger partial charge in [0.15, 0.2) is 0 Å². The van der Waals surface area contributed by atoms with Crippen molar-refractivity contribution in [3.8, 4) is 5.75 Å². The number of rotatable bonds is 0. The first-order valence-corrected chi connectivity index (χ1v) is 10.2. The van der Waals surface area contributed by atoms with Gasteiger partial charge in [-0.1, -0.05) is 54.6 Å². The summed E-state index contributed by atoms with van der Waals surface area (Å²) < 4.78 is 6.86. The minimum Gasteiger partial charge on any atom is -0.463 e. The Hall–Kier alpha value is -3.26. The molecule has 0 fully saturated rings. The van der Waals surface area contributed by atoms with E-state index in [1.165, 1.54) is 38.4 Å². The fourth-order valence-corrected chi connectivity index (χ4v) is 5.25. The Kier molecular flexibility index (Phi) is 3.11. The molecule has 29 heavy (non-hydrogen) atoms. The minimum atomic E-state index is -0.553. The molecule has 2 heterocycles. The van der Waals surface area contributed by atoms with Crippen molar-refractivity contribution < 1.29 is 4.74 Å². The zero-order valence-electron chi connectivity index (χ0n) is 16.9. The Morgan fingerprint density at radius 2 is 1.48 bits per heavy atom. The van der Waals surface area contributed by atoms with Gasteiger partial charge in [-0.3, -0.25) is 0 Å². The molecule has 0 unspecified atom stereocenters. The lowest BCUT2D eigenvalue weighted by molar-refractivity contribution is 0.0584. The lowest BCUT2D eigenvalue weighted by atomic mass is 9.76. The van der Waals surface area contributed by atoms with Crippen molar-refractivity contribution in [1.29, 1.82) is 0 Å². The molecule has 2 aliphatic rings. The van der Waals surface area contributed by atoms with Gasteiger partial charge >= 0.3 is 0 Å². The zero-order valence-corrected chi connectivity index (χ0v) is 16.9. The molecular weight excluding hydrogens is 354 g/mol. The summed E-state index contributed by atoms with van der Waals surface area (Å²) in [6.45, 7) is 4.58. The third-order valence-corrected chi connectivity index (χ3v) is 6.96. The Labute approximate surface area is 171 Å². The highest BCUT2D eigenvalue weighted by molar-refractivity contribution is 5.95. The normalized spacial score (nSPS) is 21.4. The standard InChI is InChI=1S/C27H23NO/c1-26(2)23-16-19-9-4-5-10-20(19)17-24(23)28(3)27(26)15-14-22-21-11-7-6-8-18(21)12-13-25(22)29-27/h4-17H,1-3H3/t27-/m0/s1. The summed E-state index contributed by atoms with van der Waals surface area (Å²) in [5.74, 6) is 0.948. The molecule has 142 valence electrons. The molecule has 0 N–H and O–H groups in total. The molecule has 0 amide bonds. The van der Waals surface area contributed by atoms with E-state index >= 15 is 0 Å². The molecule has 0 bridgehead atoms. The molecule has 0 aromatic heterocycles. The fourth-order valence-electron chi connectivity index (χ4n) is 5.25. The third-order valence-electron chi connectivity index (χ3n) is 6.96. The molecule has 2 heteroatoms.